The molecule has 0 saturated carbocycles. The van der Waals surface area contributed by atoms with Crippen LogP contribution in [0.25, 0.3) is 11.5 Å². The van der Waals surface area contributed by atoms with Gasteiger partial charge in [0.1, 0.15) is 5.69 Å². The minimum absolute atomic E-state index is 0.256. The Kier molecular flexibility index (Phi) is 4.59. The molecule has 0 aliphatic rings. The molecule has 0 radical (unpaired) electrons. The molecule has 0 bridgehead atoms. The molecule has 0 aliphatic carbocycles. The molecule has 118 valence electrons. The number of nitriles is 1. The first-order chi connectivity index (χ1) is 11.7. The number of pyridine rings is 1. The lowest BCUT2D eigenvalue weighted by Crippen LogP contribution is -2.23. The summed E-state index contributed by atoms with van der Waals surface area (Å²) in [6.45, 7) is 0.267. The molecule has 1 amide bonds. The maximum absolute atomic E-state index is 12.2. The third-order valence-electron chi connectivity index (χ3n) is 3.42. The molecule has 0 aliphatic heterocycles. The Labute approximate surface area is 143 Å². The van der Waals surface area contributed by atoms with Crippen LogP contribution in [-0.2, 0) is 6.54 Å². The van der Waals surface area contributed by atoms with E-state index in [-0.39, 0.29) is 12.5 Å². The molecule has 0 spiro atoms. The minimum Gasteiger partial charge on any atom is -0.463 e. The van der Waals surface area contributed by atoms with Gasteiger partial charge in [0, 0.05) is 17.8 Å². The first-order valence-electron chi connectivity index (χ1n) is 7.14. The van der Waals surface area contributed by atoms with Gasteiger partial charge in [-0.15, -0.1) is 0 Å². The van der Waals surface area contributed by atoms with Crippen LogP contribution >= 0.6 is 11.6 Å². The van der Waals surface area contributed by atoms with E-state index in [4.69, 9.17) is 21.3 Å². The number of hydrogen-bond donors (Lipinski definition) is 1. The Morgan fingerprint density at radius 3 is 2.79 bits per heavy atom. The van der Waals surface area contributed by atoms with E-state index in [0.717, 1.165) is 5.56 Å². The molecule has 2 heterocycles. The molecule has 3 aromatic rings. The number of amides is 1. The third-order valence-corrected chi connectivity index (χ3v) is 3.77. The number of hydrogen-bond acceptors (Lipinski definition) is 4. The summed E-state index contributed by atoms with van der Waals surface area (Å²) < 4.78 is 5.26. The SMILES string of the molecule is N#Cc1ccc(CNC(=O)c2ccc(-c3ccco3)nc2)c(Cl)c1. The van der Waals surface area contributed by atoms with Gasteiger partial charge in [-0.25, -0.2) is 0 Å². The van der Waals surface area contributed by atoms with Crippen LogP contribution in [0.15, 0.2) is 59.3 Å². The maximum atomic E-state index is 12.2. The quantitative estimate of drug-likeness (QED) is 0.785. The Morgan fingerprint density at radius 1 is 1.29 bits per heavy atom. The van der Waals surface area contributed by atoms with Gasteiger partial charge >= 0.3 is 0 Å². The van der Waals surface area contributed by atoms with Crippen molar-refractivity contribution < 1.29 is 9.21 Å². The van der Waals surface area contributed by atoms with E-state index < -0.39 is 0 Å². The lowest BCUT2D eigenvalue weighted by atomic mass is 10.1. The molecule has 0 saturated heterocycles. The highest BCUT2D eigenvalue weighted by atomic mass is 35.5. The van der Waals surface area contributed by atoms with E-state index in [1.807, 2.05) is 6.07 Å². The van der Waals surface area contributed by atoms with Gasteiger partial charge in [-0.05, 0) is 42.0 Å². The summed E-state index contributed by atoms with van der Waals surface area (Å²) in [5, 5.41) is 12.0. The standard InChI is InChI=1S/C18H12ClN3O2/c19-15-8-12(9-20)3-4-13(15)10-22-18(23)14-5-6-16(21-11-14)17-2-1-7-24-17/h1-8,11H,10H2,(H,22,23). The highest BCUT2D eigenvalue weighted by Gasteiger charge is 2.09. The Hall–Kier alpha value is -3.10. The number of halogens is 1. The van der Waals surface area contributed by atoms with Crippen molar-refractivity contribution in [2.24, 2.45) is 0 Å². The van der Waals surface area contributed by atoms with Crippen molar-refractivity contribution in [3.05, 3.63) is 76.6 Å². The lowest BCUT2D eigenvalue weighted by Gasteiger charge is -2.07. The third kappa shape index (κ3) is 3.45. The van der Waals surface area contributed by atoms with Crippen LogP contribution in [0.2, 0.25) is 5.02 Å². The molecule has 1 N–H and O–H groups in total. The van der Waals surface area contributed by atoms with Crippen LogP contribution in [0, 0.1) is 11.3 Å². The first-order valence-corrected chi connectivity index (χ1v) is 7.52. The van der Waals surface area contributed by atoms with Crippen LogP contribution < -0.4 is 5.32 Å². The minimum atomic E-state index is -0.256. The van der Waals surface area contributed by atoms with Crippen molar-refractivity contribution in [1.29, 1.82) is 5.26 Å². The summed E-state index contributed by atoms with van der Waals surface area (Å²) >= 11 is 6.09. The number of nitrogens with zero attached hydrogens (tertiary/aromatic N) is 2. The van der Waals surface area contributed by atoms with E-state index in [0.29, 0.717) is 27.6 Å². The van der Waals surface area contributed by atoms with Gasteiger partial charge in [-0.2, -0.15) is 5.26 Å². The summed E-state index contributed by atoms with van der Waals surface area (Å²) in [5.41, 5.74) is 2.32. The van der Waals surface area contributed by atoms with E-state index >= 15 is 0 Å². The van der Waals surface area contributed by atoms with Gasteiger partial charge in [0.05, 0.1) is 23.5 Å². The van der Waals surface area contributed by atoms with Gasteiger partial charge in [-0.3, -0.25) is 9.78 Å². The average Bonchev–Trinajstić information content (AvgIpc) is 3.15. The monoisotopic (exact) mass is 337 g/mol. The molecule has 6 heteroatoms. The fraction of sp³-hybridized carbons (Fsp3) is 0.0556. The molecule has 0 unspecified atom stereocenters. The van der Waals surface area contributed by atoms with Gasteiger partial charge in [0.2, 0.25) is 0 Å². The smallest absolute Gasteiger partial charge is 0.253 e. The van der Waals surface area contributed by atoms with E-state index in [2.05, 4.69) is 10.3 Å². The Bertz CT molecular complexity index is 897. The molecule has 0 atom stereocenters. The van der Waals surface area contributed by atoms with Crippen LogP contribution in [0.4, 0.5) is 0 Å². The van der Waals surface area contributed by atoms with Crippen molar-refractivity contribution in [3.8, 4) is 17.5 Å². The second-order valence-electron chi connectivity index (χ2n) is 5.01. The van der Waals surface area contributed by atoms with Crippen LogP contribution in [0.3, 0.4) is 0 Å². The normalized spacial score (nSPS) is 10.2. The molecule has 3 rings (SSSR count). The van der Waals surface area contributed by atoms with Crippen LogP contribution in [0.1, 0.15) is 21.5 Å². The van der Waals surface area contributed by atoms with Crippen LogP contribution in [-0.4, -0.2) is 10.9 Å². The molecule has 0 fully saturated rings. The fourth-order valence-corrected chi connectivity index (χ4v) is 2.38. The zero-order valence-corrected chi connectivity index (χ0v) is 13.2. The van der Waals surface area contributed by atoms with Gasteiger partial charge in [-0.1, -0.05) is 17.7 Å². The maximum Gasteiger partial charge on any atom is 0.253 e. The number of aromatic nitrogens is 1. The Morgan fingerprint density at radius 2 is 2.17 bits per heavy atom. The Balaban J connectivity index is 1.66. The highest BCUT2D eigenvalue weighted by Crippen LogP contribution is 2.19. The first kappa shape index (κ1) is 15.8. The number of carbonyl (C=O) groups is 1. The molecule has 24 heavy (non-hydrogen) atoms. The average molecular weight is 338 g/mol. The molecule has 5 nitrogen and oxygen atoms in total. The van der Waals surface area contributed by atoms with E-state index in [1.54, 1.807) is 48.7 Å². The molecular weight excluding hydrogens is 326 g/mol. The molecule has 2 aromatic heterocycles. The van der Waals surface area contributed by atoms with Crippen molar-refractivity contribution in [1.82, 2.24) is 10.3 Å². The second-order valence-corrected chi connectivity index (χ2v) is 5.42. The van der Waals surface area contributed by atoms with E-state index in [9.17, 15) is 4.79 Å². The number of nitrogens with one attached hydrogen (secondary N) is 1. The zero-order chi connectivity index (χ0) is 16.9. The van der Waals surface area contributed by atoms with Crippen molar-refractivity contribution in [3.63, 3.8) is 0 Å². The predicted molar refractivity (Wildman–Crippen MR) is 89.3 cm³/mol. The second kappa shape index (κ2) is 6.99. The zero-order valence-electron chi connectivity index (χ0n) is 12.5. The topological polar surface area (TPSA) is 78.9 Å². The van der Waals surface area contributed by atoms with Gasteiger partial charge in [0.15, 0.2) is 5.76 Å². The number of carbonyl (C=O) groups excluding carboxylic acids is 1. The van der Waals surface area contributed by atoms with Crippen molar-refractivity contribution in [2.75, 3.05) is 0 Å². The lowest BCUT2D eigenvalue weighted by molar-refractivity contribution is 0.0950. The molecular formula is C18H12ClN3O2. The van der Waals surface area contributed by atoms with Gasteiger partial charge < -0.3 is 9.73 Å². The van der Waals surface area contributed by atoms with Crippen LogP contribution in [0.5, 0.6) is 0 Å². The van der Waals surface area contributed by atoms with Crippen molar-refractivity contribution >= 4 is 17.5 Å². The predicted octanol–water partition coefficient (Wildman–Crippen LogP) is 3.80. The fourth-order valence-electron chi connectivity index (χ4n) is 2.14. The highest BCUT2D eigenvalue weighted by molar-refractivity contribution is 6.31. The number of benzene rings is 1. The largest absolute Gasteiger partial charge is 0.463 e. The summed E-state index contributed by atoms with van der Waals surface area (Å²) in [6, 6.07) is 14.0. The number of rotatable bonds is 4. The summed E-state index contributed by atoms with van der Waals surface area (Å²) in [5.74, 6) is 0.389. The van der Waals surface area contributed by atoms with E-state index in [1.165, 1.54) is 6.20 Å². The van der Waals surface area contributed by atoms with Gasteiger partial charge in [0.25, 0.3) is 5.91 Å². The summed E-state index contributed by atoms with van der Waals surface area (Å²) in [4.78, 5) is 16.4. The summed E-state index contributed by atoms with van der Waals surface area (Å²) in [6.07, 6.45) is 3.06. The van der Waals surface area contributed by atoms with Crippen molar-refractivity contribution in [2.45, 2.75) is 6.54 Å². The number of furan rings is 1. The summed E-state index contributed by atoms with van der Waals surface area (Å²) in [7, 11) is 0. The molecule has 1 aromatic carbocycles.